The van der Waals surface area contributed by atoms with E-state index in [9.17, 15) is 18.4 Å². The van der Waals surface area contributed by atoms with Gasteiger partial charge < -0.3 is 15.2 Å². The summed E-state index contributed by atoms with van der Waals surface area (Å²) >= 11 is 1.08. The van der Waals surface area contributed by atoms with Crippen molar-refractivity contribution in [3.63, 3.8) is 0 Å². The van der Waals surface area contributed by atoms with Gasteiger partial charge in [-0.25, -0.2) is 9.97 Å². The van der Waals surface area contributed by atoms with Crippen molar-refractivity contribution >= 4 is 38.3 Å². The summed E-state index contributed by atoms with van der Waals surface area (Å²) in [5, 5.41) is 18.8. The van der Waals surface area contributed by atoms with Gasteiger partial charge in [0.1, 0.15) is 28.7 Å². The van der Waals surface area contributed by atoms with Gasteiger partial charge in [0.05, 0.1) is 11.8 Å². The number of thiophene rings is 1. The van der Waals surface area contributed by atoms with Crippen molar-refractivity contribution in [2.45, 2.75) is 69.9 Å². The third-order valence-corrected chi connectivity index (χ3v) is 10.8. The molecule has 4 aromatic rings. The second-order valence-corrected chi connectivity index (χ2v) is 13.7. The van der Waals surface area contributed by atoms with Crippen LogP contribution in [0.5, 0.6) is 0 Å². The molecule has 2 aliphatic heterocycles. The first-order valence-corrected chi connectivity index (χ1v) is 16.3. The van der Waals surface area contributed by atoms with Crippen LogP contribution in [-0.4, -0.2) is 81.4 Å². The highest BCUT2D eigenvalue weighted by Gasteiger charge is 2.48. The van der Waals surface area contributed by atoms with Gasteiger partial charge in [-0.2, -0.15) is 18.4 Å². The van der Waals surface area contributed by atoms with Crippen molar-refractivity contribution in [2.24, 2.45) is 0 Å². The molecule has 2 saturated heterocycles. The van der Waals surface area contributed by atoms with Crippen molar-refractivity contribution in [3.05, 3.63) is 52.3 Å². The second kappa shape index (κ2) is 11.6. The van der Waals surface area contributed by atoms with Crippen LogP contribution < -0.4 is 10.6 Å². The van der Waals surface area contributed by atoms with Gasteiger partial charge in [-0.15, -0.1) is 11.3 Å². The quantitative estimate of drug-likeness (QED) is 0.271. The van der Waals surface area contributed by atoms with Crippen LogP contribution in [0.25, 0.3) is 21.1 Å². The number of nitrogens with zero attached hydrogens (tertiary/aromatic N) is 6. The van der Waals surface area contributed by atoms with Gasteiger partial charge >= 0.3 is 6.18 Å². The van der Waals surface area contributed by atoms with Crippen LogP contribution in [0.3, 0.4) is 0 Å². The highest BCUT2D eigenvalue weighted by Crippen LogP contribution is 2.44. The molecule has 1 aliphatic carbocycles. The molecule has 0 bridgehead atoms. The van der Waals surface area contributed by atoms with Crippen molar-refractivity contribution in [1.82, 2.24) is 29.7 Å². The van der Waals surface area contributed by atoms with E-state index < -0.39 is 12.6 Å². The number of hydrogen-bond donors (Lipinski definition) is 2. The molecule has 2 N–H and O–H groups in total. The minimum atomic E-state index is -4.25. The van der Waals surface area contributed by atoms with Crippen molar-refractivity contribution in [1.29, 1.82) is 5.26 Å². The van der Waals surface area contributed by atoms with E-state index in [2.05, 4.69) is 66.2 Å². The van der Waals surface area contributed by atoms with E-state index in [1.807, 2.05) is 0 Å². The molecule has 0 spiro atoms. The number of piperazine rings is 1. The number of fused-ring (bicyclic) bond motifs is 2. The fraction of sp³-hybridized carbons (Fsp3) is 0.531. The molecule has 44 heavy (non-hydrogen) atoms. The van der Waals surface area contributed by atoms with E-state index >= 15 is 0 Å². The van der Waals surface area contributed by atoms with E-state index in [4.69, 9.17) is 0 Å². The van der Waals surface area contributed by atoms with Crippen LogP contribution in [0.15, 0.2) is 30.6 Å². The lowest BCUT2D eigenvalue weighted by Crippen LogP contribution is -2.51. The van der Waals surface area contributed by atoms with E-state index in [0.717, 1.165) is 87.7 Å². The Hall–Kier alpha value is -3.24. The number of benzene rings is 1. The fourth-order valence-electron chi connectivity index (χ4n) is 7.08. The number of anilines is 1. The van der Waals surface area contributed by atoms with E-state index in [0.29, 0.717) is 16.0 Å². The van der Waals surface area contributed by atoms with Crippen molar-refractivity contribution in [2.75, 3.05) is 44.6 Å². The van der Waals surface area contributed by atoms with Crippen molar-refractivity contribution < 1.29 is 13.2 Å². The number of nitrogens with one attached hydrogen (secondary N) is 2. The lowest BCUT2D eigenvalue weighted by molar-refractivity contribution is -0.126. The molecule has 0 atom stereocenters. The number of rotatable bonds is 8. The average Bonchev–Trinajstić information content (AvgIpc) is 3.54. The lowest BCUT2D eigenvalue weighted by Gasteiger charge is -2.36. The zero-order valence-corrected chi connectivity index (χ0v) is 25.7. The van der Waals surface area contributed by atoms with E-state index in [1.165, 1.54) is 35.7 Å². The summed E-state index contributed by atoms with van der Waals surface area (Å²) in [6.07, 6.45) is 0.431. The van der Waals surface area contributed by atoms with Crippen LogP contribution in [0, 0.1) is 18.3 Å². The maximum absolute atomic E-state index is 12.9. The van der Waals surface area contributed by atoms with E-state index in [-0.39, 0.29) is 16.5 Å². The summed E-state index contributed by atoms with van der Waals surface area (Å²) in [6, 6.07) is 10.7. The summed E-state index contributed by atoms with van der Waals surface area (Å²) in [4.78, 5) is 14.5. The maximum Gasteiger partial charge on any atom is 0.393 e. The van der Waals surface area contributed by atoms with Crippen LogP contribution in [0.1, 0.15) is 47.4 Å². The number of halogens is 3. The Morgan fingerprint density at radius 1 is 1.09 bits per heavy atom. The van der Waals surface area contributed by atoms with Crippen LogP contribution >= 0.6 is 11.3 Å². The molecule has 232 valence electrons. The monoisotopic (exact) mass is 622 g/mol. The Morgan fingerprint density at radius 2 is 1.86 bits per heavy atom. The number of alkyl halides is 3. The zero-order chi connectivity index (χ0) is 30.5. The Labute approximate surface area is 258 Å². The molecule has 12 heteroatoms. The Balaban J connectivity index is 1.01. The summed E-state index contributed by atoms with van der Waals surface area (Å²) < 4.78 is 41.0. The third-order valence-electron chi connectivity index (χ3n) is 9.73. The molecule has 8 nitrogen and oxygen atoms in total. The normalized spacial score (nSPS) is 19.9. The van der Waals surface area contributed by atoms with Crippen LogP contribution in [-0.2, 0) is 19.5 Å². The molecule has 1 saturated carbocycles. The molecule has 0 unspecified atom stereocenters. The number of hydrogen-bond acceptors (Lipinski definition) is 8. The SMILES string of the molecule is Cc1c(CN2CCC(Nc3ncnc4sc(CC(F)(F)F)cc34)CC2)ccc2c1cc(C#N)n2CC1(N2CCNCC2)CC1. The summed E-state index contributed by atoms with van der Waals surface area (Å²) in [7, 11) is 0. The predicted octanol–water partition coefficient (Wildman–Crippen LogP) is 5.45. The molecule has 3 aliphatic rings. The third kappa shape index (κ3) is 5.90. The minimum absolute atomic E-state index is 0.178. The first-order valence-electron chi connectivity index (χ1n) is 15.5. The molecule has 3 fully saturated rings. The minimum Gasteiger partial charge on any atom is -0.367 e. The number of aromatic nitrogens is 3. The predicted molar refractivity (Wildman–Crippen MR) is 167 cm³/mol. The standard InChI is InChI=1S/C32H37F3N8S/c1-21-22(2-3-28-26(21)14-24(17-36)43(28)19-31(6-7-31)42-12-8-37-9-13-42)18-41-10-4-23(5-11-41)40-29-27-15-25(16-32(33,34)35)44-30(27)39-20-38-29/h2-3,14-15,20,23,37H,4-13,16,18-19H2,1H3,(H,38,39,40). The molecular weight excluding hydrogens is 585 g/mol. The highest BCUT2D eigenvalue weighted by atomic mass is 32.1. The molecule has 1 aromatic carbocycles. The topological polar surface area (TPSA) is 85.0 Å². The molecule has 0 amide bonds. The number of nitriles is 1. The van der Waals surface area contributed by atoms with Crippen molar-refractivity contribution in [3.8, 4) is 6.07 Å². The van der Waals surface area contributed by atoms with Gasteiger partial charge in [-0.1, -0.05) is 6.07 Å². The maximum atomic E-state index is 12.9. The van der Waals surface area contributed by atoms with Crippen LogP contribution in [0.2, 0.25) is 0 Å². The number of likely N-dealkylation sites (tertiary alicyclic amines) is 1. The van der Waals surface area contributed by atoms with Gasteiger partial charge in [0, 0.05) is 79.7 Å². The summed E-state index contributed by atoms with van der Waals surface area (Å²) in [6.45, 7) is 9.89. The van der Waals surface area contributed by atoms with Gasteiger partial charge in [0.15, 0.2) is 0 Å². The summed E-state index contributed by atoms with van der Waals surface area (Å²) in [5.41, 5.74) is 4.58. The second-order valence-electron chi connectivity index (χ2n) is 12.6. The molecule has 7 rings (SSSR count). The number of aryl methyl sites for hydroxylation is 1. The highest BCUT2D eigenvalue weighted by molar-refractivity contribution is 7.18. The first kappa shape index (κ1) is 29.5. The fourth-order valence-corrected chi connectivity index (χ4v) is 8.11. The average molecular weight is 623 g/mol. The Kier molecular flexibility index (Phi) is 7.77. The van der Waals surface area contributed by atoms with Gasteiger partial charge in [-0.05, 0) is 61.9 Å². The largest absolute Gasteiger partial charge is 0.393 e. The smallest absolute Gasteiger partial charge is 0.367 e. The zero-order valence-electron chi connectivity index (χ0n) is 24.9. The van der Waals surface area contributed by atoms with E-state index in [1.54, 1.807) is 6.07 Å². The number of piperidine rings is 1. The Morgan fingerprint density at radius 3 is 2.57 bits per heavy atom. The Bertz CT molecular complexity index is 1700. The molecular formula is C32H37F3N8S. The first-order chi connectivity index (χ1) is 21.2. The lowest BCUT2D eigenvalue weighted by atomic mass is 10.0. The molecule has 3 aromatic heterocycles. The van der Waals surface area contributed by atoms with Gasteiger partial charge in [-0.3, -0.25) is 9.80 Å². The van der Waals surface area contributed by atoms with Gasteiger partial charge in [0.25, 0.3) is 0 Å². The molecule has 5 heterocycles. The molecule has 0 radical (unpaired) electrons. The summed E-state index contributed by atoms with van der Waals surface area (Å²) in [5.74, 6) is 0.613. The van der Waals surface area contributed by atoms with Gasteiger partial charge in [0.2, 0.25) is 0 Å². The van der Waals surface area contributed by atoms with Crippen LogP contribution in [0.4, 0.5) is 19.0 Å².